The van der Waals surface area contributed by atoms with Crippen molar-refractivity contribution in [1.82, 2.24) is 15.2 Å². The fourth-order valence-corrected chi connectivity index (χ4v) is 4.48. The Morgan fingerprint density at radius 3 is 2.64 bits per heavy atom. The summed E-state index contributed by atoms with van der Waals surface area (Å²) in [5.41, 5.74) is 3.09. The number of hydrogen-bond donors (Lipinski definition) is 1. The van der Waals surface area contributed by atoms with Gasteiger partial charge in [-0.25, -0.2) is 13.8 Å². The van der Waals surface area contributed by atoms with E-state index < -0.39 is 5.78 Å². The Morgan fingerprint density at radius 1 is 1.03 bits per heavy atom. The number of aromatic nitrogens is 3. The number of allylic oxidation sites excluding steroid dienone is 3. The molecule has 0 radical (unpaired) electrons. The SMILES string of the molecule is O=C(c1nnc(NCCC2=CCCC=C2F)o1)c1nc2ccc(-c3ccc(F)cc3)cc2s1. The summed E-state index contributed by atoms with van der Waals surface area (Å²) in [5.74, 6) is -1.13. The van der Waals surface area contributed by atoms with Gasteiger partial charge in [0, 0.05) is 6.54 Å². The number of ketones is 1. The Kier molecular flexibility index (Phi) is 5.78. The normalized spacial score (nSPS) is 13.6. The predicted octanol–water partition coefficient (Wildman–Crippen LogP) is 6.09. The van der Waals surface area contributed by atoms with E-state index >= 15 is 0 Å². The lowest BCUT2D eigenvalue weighted by Crippen LogP contribution is -2.04. The van der Waals surface area contributed by atoms with E-state index in [9.17, 15) is 13.6 Å². The van der Waals surface area contributed by atoms with Crippen LogP contribution in [0.1, 0.15) is 35.0 Å². The van der Waals surface area contributed by atoms with Crippen LogP contribution in [0.4, 0.5) is 14.8 Å². The van der Waals surface area contributed by atoms with Crippen molar-refractivity contribution in [2.45, 2.75) is 19.3 Å². The molecule has 2 heterocycles. The van der Waals surface area contributed by atoms with Gasteiger partial charge in [-0.3, -0.25) is 4.79 Å². The molecule has 1 aliphatic carbocycles. The maximum absolute atomic E-state index is 13.7. The molecule has 0 fully saturated rings. The maximum atomic E-state index is 13.7. The lowest BCUT2D eigenvalue weighted by atomic mass is 10.0. The van der Waals surface area contributed by atoms with Crippen molar-refractivity contribution in [1.29, 1.82) is 0 Å². The largest absolute Gasteiger partial charge is 0.400 e. The summed E-state index contributed by atoms with van der Waals surface area (Å²) in [5, 5.41) is 10.8. The highest BCUT2D eigenvalue weighted by molar-refractivity contribution is 7.20. The Bertz CT molecular complexity index is 1390. The van der Waals surface area contributed by atoms with Crippen molar-refractivity contribution in [2.75, 3.05) is 11.9 Å². The first-order chi connectivity index (χ1) is 16.1. The summed E-state index contributed by atoms with van der Waals surface area (Å²) in [7, 11) is 0. The van der Waals surface area contributed by atoms with Crippen molar-refractivity contribution in [2.24, 2.45) is 0 Å². The van der Waals surface area contributed by atoms with Gasteiger partial charge in [0.25, 0.3) is 11.7 Å². The number of thiazole rings is 1. The molecule has 166 valence electrons. The monoisotopic (exact) mass is 464 g/mol. The van der Waals surface area contributed by atoms with Crippen LogP contribution in [-0.4, -0.2) is 27.5 Å². The molecule has 6 nitrogen and oxygen atoms in total. The van der Waals surface area contributed by atoms with E-state index in [1.54, 1.807) is 18.2 Å². The molecule has 0 saturated heterocycles. The highest BCUT2D eigenvalue weighted by Gasteiger charge is 2.21. The molecule has 0 atom stereocenters. The smallest absolute Gasteiger partial charge is 0.315 e. The zero-order valence-corrected chi connectivity index (χ0v) is 18.2. The van der Waals surface area contributed by atoms with Crippen molar-refractivity contribution in [3.05, 3.63) is 82.7 Å². The van der Waals surface area contributed by atoms with Gasteiger partial charge in [-0.05, 0) is 66.3 Å². The van der Waals surface area contributed by atoms with Gasteiger partial charge in [0.05, 0.1) is 10.2 Å². The zero-order chi connectivity index (χ0) is 22.8. The average Bonchev–Trinajstić information content (AvgIpc) is 3.47. The Hall–Kier alpha value is -3.72. The second-order valence-electron chi connectivity index (χ2n) is 7.49. The number of carbonyl (C=O) groups is 1. The molecule has 1 aliphatic rings. The molecule has 2 aromatic carbocycles. The van der Waals surface area contributed by atoms with Crippen molar-refractivity contribution in [3.63, 3.8) is 0 Å². The Labute approximate surface area is 191 Å². The molecular weight excluding hydrogens is 446 g/mol. The third-order valence-electron chi connectivity index (χ3n) is 5.24. The van der Waals surface area contributed by atoms with Gasteiger partial charge in [-0.15, -0.1) is 16.4 Å². The molecule has 4 aromatic rings. The summed E-state index contributed by atoms with van der Waals surface area (Å²) in [6.45, 7) is 0.399. The minimum atomic E-state index is -0.468. The van der Waals surface area contributed by atoms with E-state index in [-0.39, 0.29) is 28.6 Å². The van der Waals surface area contributed by atoms with Gasteiger partial charge in [-0.2, -0.15) is 0 Å². The molecular formula is C24H18F2N4O2S. The van der Waals surface area contributed by atoms with Crippen molar-refractivity contribution < 1.29 is 18.0 Å². The molecule has 33 heavy (non-hydrogen) atoms. The Balaban J connectivity index is 1.28. The number of nitrogens with one attached hydrogen (secondary N) is 1. The third-order valence-corrected chi connectivity index (χ3v) is 6.25. The van der Waals surface area contributed by atoms with E-state index in [0.29, 0.717) is 24.1 Å². The van der Waals surface area contributed by atoms with E-state index in [1.807, 2.05) is 24.3 Å². The number of anilines is 1. The van der Waals surface area contributed by atoms with Gasteiger partial charge in [0.2, 0.25) is 0 Å². The van der Waals surface area contributed by atoms with E-state index in [2.05, 4.69) is 20.5 Å². The van der Waals surface area contributed by atoms with Crippen molar-refractivity contribution in [3.8, 4) is 11.1 Å². The number of fused-ring (bicyclic) bond motifs is 1. The highest BCUT2D eigenvalue weighted by Crippen LogP contribution is 2.29. The number of halogens is 2. The molecule has 0 saturated carbocycles. The Morgan fingerprint density at radius 2 is 1.82 bits per heavy atom. The summed E-state index contributed by atoms with van der Waals surface area (Å²) < 4.78 is 33.2. The van der Waals surface area contributed by atoms with Gasteiger partial charge < -0.3 is 9.73 Å². The number of rotatable bonds is 7. The van der Waals surface area contributed by atoms with Crippen LogP contribution in [0.3, 0.4) is 0 Å². The van der Waals surface area contributed by atoms with Gasteiger partial charge in [0.1, 0.15) is 11.6 Å². The van der Waals surface area contributed by atoms with Crippen LogP contribution in [0.25, 0.3) is 21.3 Å². The fourth-order valence-electron chi connectivity index (χ4n) is 3.54. The molecule has 5 rings (SSSR count). The first kappa shape index (κ1) is 21.1. The van der Waals surface area contributed by atoms with E-state index in [1.165, 1.54) is 23.5 Å². The summed E-state index contributed by atoms with van der Waals surface area (Å²) in [6, 6.07) is 11.9. The van der Waals surface area contributed by atoms with Crippen LogP contribution in [0, 0.1) is 5.82 Å². The highest BCUT2D eigenvalue weighted by atomic mass is 32.1. The molecule has 0 amide bonds. The van der Waals surface area contributed by atoms with Gasteiger partial charge in [-0.1, -0.05) is 29.4 Å². The second kappa shape index (κ2) is 9.03. The minimum Gasteiger partial charge on any atom is -0.400 e. The van der Waals surface area contributed by atoms with Gasteiger partial charge in [0.15, 0.2) is 5.01 Å². The quantitative estimate of drug-likeness (QED) is 0.333. The molecule has 0 aliphatic heterocycles. The summed E-state index contributed by atoms with van der Waals surface area (Å²) >= 11 is 1.22. The molecule has 9 heteroatoms. The lowest BCUT2D eigenvalue weighted by Gasteiger charge is -2.09. The number of hydrogen-bond acceptors (Lipinski definition) is 7. The molecule has 0 spiro atoms. The zero-order valence-electron chi connectivity index (χ0n) is 17.3. The first-order valence-electron chi connectivity index (χ1n) is 10.4. The third kappa shape index (κ3) is 4.58. The van der Waals surface area contributed by atoms with Gasteiger partial charge >= 0.3 is 6.01 Å². The van der Waals surface area contributed by atoms with E-state index in [4.69, 9.17) is 4.42 Å². The number of benzene rings is 2. The molecule has 0 bridgehead atoms. The fraction of sp³-hybridized carbons (Fsp3) is 0.167. The topological polar surface area (TPSA) is 80.9 Å². The van der Waals surface area contributed by atoms with Crippen LogP contribution in [0.5, 0.6) is 0 Å². The minimum absolute atomic E-state index is 0.0962. The van der Waals surface area contributed by atoms with Crippen LogP contribution < -0.4 is 5.32 Å². The maximum Gasteiger partial charge on any atom is 0.315 e. The van der Waals surface area contributed by atoms with Crippen LogP contribution in [-0.2, 0) is 0 Å². The lowest BCUT2D eigenvalue weighted by molar-refractivity contribution is 0.100. The summed E-state index contributed by atoms with van der Waals surface area (Å²) in [6.07, 6.45) is 5.49. The van der Waals surface area contributed by atoms with Crippen LogP contribution in [0.15, 0.2) is 70.4 Å². The average molecular weight is 464 g/mol. The first-order valence-corrected chi connectivity index (χ1v) is 11.2. The second-order valence-corrected chi connectivity index (χ2v) is 8.52. The predicted molar refractivity (Wildman–Crippen MR) is 122 cm³/mol. The molecule has 1 N–H and O–H groups in total. The number of nitrogens with zero attached hydrogens (tertiary/aromatic N) is 3. The van der Waals surface area contributed by atoms with Crippen molar-refractivity contribution >= 4 is 33.4 Å². The van der Waals surface area contributed by atoms with Crippen LogP contribution >= 0.6 is 11.3 Å². The number of carbonyl (C=O) groups excluding carboxylic acids is 1. The molecule has 0 unspecified atom stereocenters. The van der Waals surface area contributed by atoms with Crippen LogP contribution in [0.2, 0.25) is 0 Å². The summed E-state index contributed by atoms with van der Waals surface area (Å²) in [4.78, 5) is 17.2. The standard InChI is InChI=1S/C24H18F2N4O2S/c25-17-8-5-14(6-9-17)16-7-10-19-20(13-16)33-23(28-19)21(31)22-29-30-24(32-22)27-12-11-15-3-1-2-4-18(15)26/h3-10,13H,1-2,11-12H2,(H,27,30). The van der Waals surface area contributed by atoms with E-state index in [0.717, 1.165) is 28.7 Å². The molecule has 2 aromatic heterocycles.